The van der Waals surface area contributed by atoms with Crippen LogP contribution in [-0.2, 0) is 12.3 Å². The minimum Gasteiger partial charge on any atom is -0.497 e. The highest BCUT2D eigenvalue weighted by Gasteiger charge is 2.13. The van der Waals surface area contributed by atoms with Gasteiger partial charge in [-0.25, -0.2) is 9.67 Å². The SMILES string of the molecule is COc1ccc(-c2nc(CSc3nnnn3CC(C)C)cs2)c(OC)c1. The molecule has 7 nitrogen and oxygen atoms in total. The Kier molecular flexibility index (Phi) is 6.10. The van der Waals surface area contributed by atoms with Crippen LogP contribution in [0.1, 0.15) is 19.5 Å². The van der Waals surface area contributed by atoms with E-state index in [1.165, 1.54) is 0 Å². The molecule has 0 saturated heterocycles. The molecule has 0 radical (unpaired) electrons. The number of hydrogen-bond donors (Lipinski definition) is 0. The van der Waals surface area contributed by atoms with E-state index < -0.39 is 0 Å². The summed E-state index contributed by atoms with van der Waals surface area (Å²) in [6, 6.07) is 5.75. The number of ether oxygens (including phenoxy) is 2. The lowest BCUT2D eigenvalue weighted by Crippen LogP contribution is -2.07. The van der Waals surface area contributed by atoms with E-state index in [0.29, 0.717) is 11.7 Å². The molecule has 26 heavy (non-hydrogen) atoms. The molecule has 0 fully saturated rings. The Morgan fingerprint density at radius 1 is 1.23 bits per heavy atom. The van der Waals surface area contributed by atoms with Gasteiger partial charge >= 0.3 is 0 Å². The highest BCUT2D eigenvalue weighted by atomic mass is 32.2. The number of nitrogens with zero attached hydrogens (tertiary/aromatic N) is 5. The number of hydrogen-bond acceptors (Lipinski definition) is 8. The first kappa shape index (κ1) is 18.7. The molecule has 0 bridgehead atoms. The molecule has 0 aliphatic carbocycles. The predicted octanol–water partition coefficient (Wildman–Crippen LogP) is 3.76. The Morgan fingerprint density at radius 3 is 2.81 bits per heavy atom. The molecule has 0 saturated carbocycles. The average Bonchev–Trinajstić information content (AvgIpc) is 3.28. The Labute approximate surface area is 160 Å². The first-order valence-corrected chi connectivity index (χ1v) is 10.0. The molecule has 2 aromatic heterocycles. The van der Waals surface area contributed by atoms with Gasteiger partial charge in [-0.15, -0.1) is 16.4 Å². The van der Waals surface area contributed by atoms with Gasteiger partial charge in [0.2, 0.25) is 5.16 Å². The number of thioether (sulfide) groups is 1. The van der Waals surface area contributed by atoms with Crippen LogP contribution in [0.2, 0.25) is 0 Å². The van der Waals surface area contributed by atoms with Gasteiger partial charge in [-0.1, -0.05) is 25.6 Å². The summed E-state index contributed by atoms with van der Waals surface area (Å²) in [7, 11) is 3.29. The third-order valence-electron chi connectivity index (χ3n) is 3.58. The quantitative estimate of drug-likeness (QED) is 0.541. The van der Waals surface area contributed by atoms with Crippen molar-refractivity contribution in [3.05, 3.63) is 29.3 Å². The minimum absolute atomic E-state index is 0.492. The number of benzene rings is 1. The normalized spacial score (nSPS) is 11.1. The highest BCUT2D eigenvalue weighted by Crippen LogP contribution is 2.35. The second-order valence-corrected chi connectivity index (χ2v) is 7.84. The molecule has 1 aromatic carbocycles. The number of aromatic nitrogens is 5. The van der Waals surface area contributed by atoms with E-state index in [1.807, 2.05) is 22.9 Å². The Balaban J connectivity index is 1.72. The van der Waals surface area contributed by atoms with Crippen LogP contribution in [0.3, 0.4) is 0 Å². The van der Waals surface area contributed by atoms with Crippen LogP contribution in [0.25, 0.3) is 10.6 Å². The van der Waals surface area contributed by atoms with Crippen molar-refractivity contribution in [3.63, 3.8) is 0 Å². The van der Waals surface area contributed by atoms with Crippen molar-refractivity contribution in [1.82, 2.24) is 25.2 Å². The lowest BCUT2D eigenvalue weighted by atomic mass is 10.2. The van der Waals surface area contributed by atoms with Crippen molar-refractivity contribution < 1.29 is 9.47 Å². The van der Waals surface area contributed by atoms with Crippen molar-refractivity contribution in [3.8, 4) is 22.1 Å². The molecule has 3 aromatic rings. The Hall–Kier alpha value is -2.13. The van der Waals surface area contributed by atoms with Crippen LogP contribution in [-0.4, -0.2) is 39.4 Å². The minimum atomic E-state index is 0.492. The molecule has 138 valence electrons. The summed E-state index contributed by atoms with van der Waals surface area (Å²) in [5.74, 6) is 2.72. The van der Waals surface area contributed by atoms with Crippen LogP contribution in [0.15, 0.2) is 28.7 Å². The van der Waals surface area contributed by atoms with E-state index in [0.717, 1.165) is 39.5 Å². The summed E-state index contributed by atoms with van der Waals surface area (Å²) in [5, 5.41) is 15.7. The van der Waals surface area contributed by atoms with Gasteiger partial charge in [0.1, 0.15) is 16.5 Å². The molecular formula is C17H21N5O2S2. The van der Waals surface area contributed by atoms with E-state index >= 15 is 0 Å². The van der Waals surface area contributed by atoms with Crippen molar-refractivity contribution in [2.75, 3.05) is 14.2 Å². The summed E-state index contributed by atoms with van der Waals surface area (Å²) >= 11 is 3.19. The van der Waals surface area contributed by atoms with Crippen LogP contribution in [0, 0.1) is 5.92 Å². The number of tetrazole rings is 1. The van der Waals surface area contributed by atoms with Crippen LogP contribution < -0.4 is 9.47 Å². The molecule has 0 aliphatic rings. The first-order valence-electron chi connectivity index (χ1n) is 8.16. The fraction of sp³-hybridized carbons (Fsp3) is 0.412. The van der Waals surface area contributed by atoms with Gasteiger partial charge in [0.05, 0.1) is 25.5 Å². The van der Waals surface area contributed by atoms with Crippen LogP contribution >= 0.6 is 23.1 Å². The highest BCUT2D eigenvalue weighted by molar-refractivity contribution is 7.98. The summed E-state index contributed by atoms with van der Waals surface area (Å²) in [4.78, 5) is 4.73. The lowest BCUT2D eigenvalue weighted by molar-refractivity contribution is 0.395. The zero-order chi connectivity index (χ0) is 18.5. The maximum absolute atomic E-state index is 5.47. The smallest absolute Gasteiger partial charge is 0.209 e. The van der Waals surface area contributed by atoms with Crippen molar-refractivity contribution in [2.24, 2.45) is 5.92 Å². The number of thiazole rings is 1. The molecule has 3 rings (SSSR count). The fourth-order valence-corrected chi connectivity index (χ4v) is 4.10. The second kappa shape index (κ2) is 8.50. The molecule has 0 unspecified atom stereocenters. The van der Waals surface area contributed by atoms with Crippen LogP contribution in [0.5, 0.6) is 11.5 Å². The van der Waals surface area contributed by atoms with Crippen molar-refractivity contribution in [1.29, 1.82) is 0 Å². The Bertz CT molecular complexity index is 862. The van der Waals surface area contributed by atoms with Crippen LogP contribution in [0.4, 0.5) is 0 Å². The van der Waals surface area contributed by atoms with E-state index in [4.69, 9.17) is 14.5 Å². The Morgan fingerprint density at radius 2 is 2.08 bits per heavy atom. The average molecular weight is 392 g/mol. The monoisotopic (exact) mass is 391 g/mol. The standard InChI is InChI=1S/C17H21N5O2S2/c1-11(2)8-22-17(19-20-21-22)26-10-12-9-25-16(18-12)14-6-5-13(23-3)7-15(14)24-4/h5-7,9,11H,8,10H2,1-4H3. The lowest BCUT2D eigenvalue weighted by Gasteiger charge is -2.08. The summed E-state index contributed by atoms with van der Waals surface area (Å²) in [5.41, 5.74) is 1.95. The second-order valence-electron chi connectivity index (χ2n) is 6.04. The van der Waals surface area contributed by atoms with E-state index in [9.17, 15) is 0 Å². The van der Waals surface area contributed by atoms with Gasteiger partial charge in [-0.2, -0.15) is 0 Å². The van der Waals surface area contributed by atoms with Gasteiger partial charge in [0.25, 0.3) is 0 Å². The van der Waals surface area contributed by atoms with E-state index in [-0.39, 0.29) is 0 Å². The van der Waals surface area contributed by atoms with E-state index in [2.05, 4.69) is 34.8 Å². The van der Waals surface area contributed by atoms with E-state index in [1.54, 1.807) is 37.3 Å². The third-order valence-corrected chi connectivity index (χ3v) is 5.49. The molecule has 2 heterocycles. The maximum Gasteiger partial charge on any atom is 0.209 e. The molecular weight excluding hydrogens is 370 g/mol. The summed E-state index contributed by atoms with van der Waals surface area (Å²) in [6.07, 6.45) is 0. The molecule has 9 heteroatoms. The van der Waals surface area contributed by atoms with Gasteiger partial charge in [-0.3, -0.25) is 0 Å². The molecule has 0 spiro atoms. The summed E-state index contributed by atoms with van der Waals surface area (Å²) in [6.45, 7) is 5.09. The largest absolute Gasteiger partial charge is 0.497 e. The van der Waals surface area contributed by atoms with Gasteiger partial charge in [0.15, 0.2) is 0 Å². The number of methoxy groups -OCH3 is 2. The number of rotatable bonds is 8. The van der Waals surface area contributed by atoms with Crippen molar-refractivity contribution >= 4 is 23.1 Å². The molecule has 0 atom stereocenters. The molecule has 0 N–H and O–H groups in total. The zero-order valence-electron chi connectivity index (χ0n) is 15.2. The maximum atomic E-state index is 5.47. The fourth-order valence-electron chi connectivity index (χ4n) is 2.37. The molecule has 0 aliphatic heterocycles. The topological polar surface area (TPSA) is 75.0 Å². The summed E-state index contributed by atoms with van der Waals surface area (Å²) < 4.78 is 12.6. The molecule has 0 amide bonds. The van der Waals surface area contributed by atoms with Crippen molar-refractivity contribution in [2.45, 2.75) is 31.3 Å². The van der Waals surface area contributed by atoms with Gasteiger partial charge < -0.3 is 9.47 Å². The van der Waals surface area contributed by atoms with Gasteiger partial charge in [0, 0.05) is 23.7 Å². The third kappa shape index (κ3) is 4.34. The zero-order valence-corrected chi connectivity index (χ0v) is 16.8. The predicted molar refractivity (Wildman–Crippen MR) is 103 cm³/mol. The first-order chi connectivity index (χ1) is 12.6. The van der Waals surface area contributed by atoms with Gasteiger partial charge in [-0.05, 0) is 28.5 Å².